The zero-order valence-corrected chi connectivity index (χ0v) is 30.7. The molecule has 2 aromatic carbocycles. The number of aliphatic hydroxyl groups is 2. The van der Waals surface area contributed by atoms with Gasteiger partial charge in [0.05, 0.1) is 16.6 Å². The summed E-state index contributed by atoms with van der Waals surface area (Å²) in [6, 6.07) is 8.31. The van der Waals surface area contributed by atoms with E-state index < -0.39 is 61.9 Å². The molecule has 15 heteroatoms. The Morgan fingerprint density at radius 3 is 2.44 bits per heavy atom. The van der Waals surface area contributed by atoms with E-state index in [0.717, 1.165) is 24.1 Å². The fraction of sp³-hybridized carbons (Fsp3) is 0.429. The van der Waals surface area contributed by atoms with E-state index in [-0.39, 0.29) is 82.8 Å². The predicted octanol–water partition coefficient (Wildman–Crippen LogP) is 0.00300. The van der Waals surface area contributed by atoms with Crippen molar-refractivity contribution in [2.45, 2.75) is 62.6 Å². The van der Waals surface area contributed by atoms with Gasteiger partial charge in [-0.1, -0.05) is 31.6 Å². The number of allylic oxidation sites excluding steroid dienone is 4. The van der Waals surface area contributed by atoms with Gasteiger partial charge >= 0.3 is 41.5 Å². The molecule has 0 spiro atoms. The van der Waals surface area contributed by atoms with Gasteiger partial charge < -0.3 is 35.4 Å². The van der Waals surface area contributed by atoms with Crippen LogP contribution in [0.2, 0.25) is 0 Å². The Bertz CT molecular complexity index is 1890. The maximum absolute atomic E-state index is 13.4. The summed E-state index contributed by atoms with van der Waals surface area (Å²) in [7, 11) is -4.78. The molecule has 3 fully saturated rings. The number of Topliss-reactive ketones (excluding diaryl/α,β-unsaturated/α-hetero) is 1. The fourth-order valence-electron chi connectivity index (χ4n) is 8.63. The first-order valence-corrected chi connectivity index (χ1v) is 17.2. The van der Waals surface area contributed by atoms with E-state index in [9.17, 15) is 42.4 Å². The van der Waals surface area contributed by atoms with Crippen molar-refractivity contribution in [1.82, 2.24) is 0 Å². The third-order valence-corrected chi connectivity index (χ3v) is 11.9. The third kappa shape index (κ3) is 7.07. The molecule has 0 amide bonds. The number of fused-ring (bicyclic) bond motifs is 5. The van der Waals surface area contributed by atoms with Gasteiger partial charge in [-0.15, -0.1) is 0 Å². The van der Waals surface area contributed by atoms with E-state index in [2.05, 4.69) is 0 Å². The Morgan fingerprint density at radius 2 is 1.80 bits per heavy atom. The molecule has 50 heavy (non-hydrogen) atoms. The van der Waals surface area contributed by atoms with Crippen LogP contribution in [0.3, 0.4) is 0 Å². The van der Waals surface area contributed by atoms with Crippen molar-refractivity contribution in [3.05, 3.63) is 77.4 Å². The van der Waals surface area contributed by atoms with Crippen molar-refractivity contribution >= 4 is 39.3 Å². The zero-order valence-electron chi connectivity index (χ0n) is 27.9. The van der Waals surface area contributed by atoms with E-state index in [4.69, 9.17) is 20.7 Å². The number of anilines is 1. The summed E-state index contributed by atoms with van der Waals surface area (Å²) in [5.41, 5.74) is 3.01. The van der Waals surface area contributed by atoms with Crippen LogP contribution in [0.25, 0.3) is 0 Å². The predicted molar refractivity (Wildman–Crippen MR) is 172 cm³/mol. The number of benzene rings is 2. The van der Waals surface area contributed by atoms with Crippen LogP contribution in [0.15, 0.2) is 71.2 Å². The molecule has 6 N–H and O–H groups in total. The molecule has 262 valence electrons. The molecule has 0 radical (unpaired) electrons. The average molecular weight is 720 g/mol. The van der Waals surface area contributed by atoms with Crippen molar-refractivity contribution < 1.29 is 86.9 Å². The molecule has 0 unspecified atom stereocenters. The van der Waals surface area contributed by atoms with Crippen molar-refractivity contribution in [3.8, 4) is 5.75 Å². The number of ether oxygens (including phenoxy) is 1. The molecule has 2 aromatic rings. The first kappa shape index (κ1) is 39.4. The number of ketones is 2. The molecule has 0 aromatic heterocycles. The molecular formula is C35H38NNaO12S. The Hall–Kier alpha value is -3.37. The number of carbonyl (C=O) groups excluding carboxylic acids is 3. The van der Waals surface area contributed by atoms with Crippen LogP contribution >= 0.6 is 0 Å². The van der Waals surface area contributed by atoms with E-state index in [1.165, 1.54) is 30.3 Å². The molecule has 7 atom stereocenters. The number of carbonyl (C=O) groups is 4. The van der Waals surface area contributed by atoms with E-state index >= 15 is 0 Å². The molecule has 13 nitrogen and oxygen atoms in total. The smallest absolute Gasteiger partial charge is 0.744 e. The topological polar surface area (TPSA) is 242 Å². The Morgan fingerprint density at radius 1 is 1.10 bits per heavy atom. The van der Waals surface area contributed by atoms with Crippen LogP contribution in [0.5, 0.6) is 5.75 Å². The summed E-state index contributed by atoms with van der Waals surface area (Å²) in [5.74, 6) is -3.35. The van der Waals surface area contributed by atoms with Crippen LogP contribution in [0.1, 0.15) is 66.7 Å². The van der Waals surface area contributed by atoms with Crippen molar-refractivity contribution in [1.29, 1.82) is 0 Å². The van der Waals surface area contributed by atoms with Gasteiger partial charge in [0.1, 0.15) is 27.0 Å². The Kier molecular flexibility index (Phi) is 11.3. The summed E-state index contributed by atoms with van der Waals surface area (Å²) in [6.07, 6.45) is 6.66. The first-order valence-electron chi connectivity index (χ1n) is 15.7. The molecule has 6 rings (SSSR count). The van der Waals surface area contributed by atoms with Gasteiger partial charge in [0.25, 0.3) is 0 Å². The van der Waals surface area contributed by atoms with Gasteiger partial charge in [-0.25, -0.2) is 18.0 Å². The number of nitrogens with two attached hydrogens (primary N) is 1. The standard InChI is InChI=1S/C28H32O9S.C7H7NO3.Na/c1-26-10-8-18(29)13-17(26)6-7-20-21-9-11-28(33,27(21,2)14-22(30)24(20)26)23(31)15-37-25(32)16-4-3-5-19(12-16)38(34,35)36;8-4-1-2-6(9)5(3-4)7(10)11;/h3-5,8,10,12-13,20-22,24,30,33H,6-7,9,11,14-15H2,1-2H3,(H,34,35,36);1-3,9H,8H2,(H,10,11);/q;;+1/p-1/t20-,21-,22-,24+,26-,27-,28-;;/m0../s1. The minimum Gasteiger partial charge on any atom is -0.744 e. The van der Waals surface area contributed by atoms with Gasteiger partial charge in [0, 0.05) is 22.4 Å². The zero-order chi connectivity index (χ0) is 36.1. The van der Waals surface area contributed by atoms with Crippen LogP contribution in [-0.2, 0) is 24.4 Å². The number of aliphatic hydroxyl groups excluding tert-OH is 1. The maximum atomic E-state index is 13.4. The van der Waals surface area contributed by atoms with Gasteiger partial charge in [-0.05, 0) is 92.5 Å². The number of aromatic carboxylic acids is 1. The molecule has 3 saturated carbocycles. The van der Waals surface area contributed by atoms with E-state index in [0.29, 0.717) is 18.5 Å². The number of rotatable bonds is 6. The fourth-order valence-corrected chi connectivity index (χ4v) is 9.14. The summed E-state index contributed by atoms with van der Waals surface area (Å²) in [5, 5.41) is 40.6. The normalized spacial score (nSPS) is 31.0. The van der Waals surface area contributed by atoms with E-state index in [1.54, 1.807) is 12.2 Å². The van der Waals surface area contributed by atoms with Gasteiger partial charge in [0.2, 0.25) is 5.78 Å². The number of carboxylic acid groups (broad SMARTS) is 1. The number of nitrogen functional groups attached to an aromatic ring is 1. The molecule has 4 aliphatic rings. The van der Waals surface area contributed by atoms with Crippen LogP contribution in [0, 0.1) is 28.6 Å². The minimum atomic E-state index is -4.78. The summed E-state index contributed by atoms with van der Waals surface area (Å²) < 4.78 is 38.9. The molecule has 0 bridgehead atoms. The monoisotopic (exact) mass is 719 g/mol. The SMILES string of the molecule is C[C@]12C=CC(=O)C=C1CC[C@@H]1[C@@H]2[C@@H](O)C[C@@]2(C)[C@H]1CC[C@]2(O)C(=O)COC(=O)c1cccc(S(=O)(=O)[O-])c1.Nc1ccc(O)c(C(=O)O)c1.[Na+]. The van der Waals surface area contributed by atoms with Crippen LogP contribution in [-0.4, -0.2) is 75.2 Å². The number of phenols is 1. The number of hydrogen-bond acceptors (Lipinski definition) is 12. The molecule has 0 heterocycles. The largest absolute Gasteiger partial charge is 1.00 e. The number of hydrogen-bond donors (Lipinski definition) is 5. The Balaban J connectivity index is 0.000000401. The van der Waals surface area contributed by atoms with Gasteiger partial charge in [0.15, 0.2) is 12.4 Å². The Labute approximate surface area is 311 Å². The first-order chi connectivity index (χ1) is 22.8. The van der Waals surface area contributed by atoms with Crippen molar-refractivity contribution in [2.24, 2.45) is 28.6 Å². The molecule has 4 aliphatic carbocycles. The van der Waals surface area contributed by atoms with Crippen molar-refractivity contribution in [3.63, 3.8) is 0 Å². The summed E-state index contributed by atoms with van der Waals surface area (Å²) in [6.45, 7) is 3.13. The second kappa shape index (κ2) is 14.3. The van der Waals surface area contributed by atoms with Crippen LogP contribution < -0.4 is 35.3 Å². The second-order valence-corrected chi connectivity index (χ2v) is 15.1. The number of aromatic hydroxyl groups is 1. The van der Waals surface area contributed by atoms with Gasteiger partial charge in [-0.3, -0.25) is 9.59 Å². The second-order valence-electron chi connectivity index (χ2n) is 13.7. The molecular weight excluding hydrogens is 681 g/mol. The van der Waals surface area contributed by atoms with Crippen molar-refractivity contribution in [2.75, 3.05) is 12.3 Å². The minimum absolute atomic E-state index is 0. The number of carboxylic acids is 1. The third-order valence-electron chi connectivity index (χ3n) is 11.1. The average Bonchev–Trinajstić information content (AvgIpc) is 3.31. The van der Waals surface area contributed by atoms with E-state index in [1.807, 2.05) is 19.9 Å². The van der Waals surface area contributed by atoms with Crippen LogP contribution in [0.4, 0.5) is 5.69 Å². The quantitative estimate of drug-likeness (QED) is 0.0870. The number of esters is 1. The molecule has 0 saturated heterocycles. The summed E-state index contributed by atoms with van der Waals surface area (Å²) >= 11 is 0. The van der Waals surface area contributed by atoms with Gasteiger partial charge in [-0.2, -0.15) is 0 Å². The summed E-state index contributed by atoms with van der Waals surface area (Å²) in [4.78, 5) is 47.6. The molecule has 0 aliphatic heterocycles. The maximum Gasteiger partial charge on any atom is 1.00 e.